The molecule has 0 aliphatic rings. The summed E-state index contributed by atoms with van der Waals surface area (Å²) < 4.78 is 36.4. The Bertz CT molecular complexity index is 1930. The first-order valence-corrected chi connectivity index (χ1v) is 21.3. The summed E-state index contributed by atoms with van der Waals surface area (Å²) in [5.74, 6) is 0.928. The van der Waals surface area contributed by atoms with Gasteiger partial charge in [-0.25, -0.2) is 9.19 Å². The van der Waals surface area contributed by atoms with E-state index in [1.807, 2.05) is 55.5 Å². The SMILES string of the molecule is COc1ccc(CO[C@H](CO[Si](c2ccccc2)(c2ccccc2)c2ccccc2)Cc2nc([C@@H](C)C/C=N/S(=O)c3ccc(C)cc3)cs2)cc1. The van der Waals surface area contributed by atoms with Crippen molar-refractivity contribution in [2.45, 2.75) is 50.2 Å². The number of methoxy groups -OCH3 is 1. The maximum absolute atomic E-state index is 12.7. The van der Waals surface area contributed by atoms with Crippen molar-refractivity contribution >= 4 is 52.4 Å². The molecule has 0 aliphatic heterocycles. The average molecular weight is 745 g/mol. The fraction of sp³-hybridized carbons (Fsp3) is 0.209. The molecule has 3 atom stereocenters. The van der Waals surface area contributed by atoms with Crippen LogP contribution >= 0.6 is 11.3 Å². The largest absolute Gasteiger partial charge is 0.497 e. The van der Waals surface area contributed by atoms with Crippen molar-refractivity contribution in [1.82, 2.24) is 4.98 Å². The van der Waals surface area contributed by atoms with E-state index in [1.54, 1.807) is 24.7 Å². The lowest BCUT2D eigenvalue weighted by Gasteiger charge is -2.34. The van der Waals surface area contributed by atoms with Gasteiger partial charge in [0.05, 0.1) is 42.0 Å². The van der Waals surface area contributed by atoms with Gasteiger partial charge in [0.1, 0.15) is 5.75 Å². The third kappa shape index (κ3) is 9.47. The molecular weight excluding hydrogens is 701 g/mol. The van der Waals surface area contributed by atoms with E-state index in [0.29, 0.717) is 31.0 Å². The minimum atomic E-state index is -2.94. The zero-order valence-electron chi connectivity index (χ0n) is 29.8. The van der Waals surface area contributed by atoms with Gasteiger partial charge in [0.2, 0.25) is 0 Å². The number of ether oxygens (including phenoxy) is 2. The number of aryl methyl sites for hydroxylation is 1. The molecule has 0 saturated heterocycles. The molecule has 0 fully saturated rings. The third-order valence-electron chi connectivity index (χ3n) is 9.00. The predicted octanol–water partition coefficient (Wildman–Crippen LogP) is 7.56. The van der Waals surface area contributed by atoms with E-state index in [-0.39, 0.29) is 12.0 Å². The van der Waals surface area contributed by atoms with Gasteiger partial charge in [0.15, 0.2) is 11.0 Å². The van der Waals surface area contributed by atoms with Crippen LogP contribution in [0.25, 0.3) is 0 Å². The first-order chi connectivity index (χ1) is 25.4. The molecule has 0 saturated carbocycles. The van der Waals surface area contributed by atoms with Crippen LogP contribution in [0.2, 0.25) is 0 Å². The lowest BCUT2D eigenvalue weighted by Crippen LogP contribution is -2.69. The van der Waals surface area contributed by atoms with Gasteiger partial charge >= 0.3 is 0 Å². The number of nitrogens with zero attached hydrogens (tertiary/aromatic N) is 2. The fourth-order valence-corrected chi connectivity index (χ4v) is 11.6. The number of hydrogen-bond donors (Lipinski definition) is 0. The van der Waals surface area contributed by atoms with Crippen molar-refractivity contribution in [2.24, 2.45) is 4.40 Å². The van der Waals surface area contributed by atoms with E-state index >= 15 is 0 Å². The van der Waals surface area contributed by atoms with Crippen LogP contribution < -0.4 is 20.3 Å². The van der Waals surface area contributed by atoms with Gasteiger partial charge in [-0.15, -0.1) is 11.3 Å². The van der Waals surface area contributed by atoms with Gasteiger partial charge in [-0.1, -0.05) is 128 Å². The standard InChI is InChI=1S/C43H44N2O4S2Si/c1-33-19-25-38(26-20-33)51(46)44-28-27-34(2)42-32-50-43(45-42)29-37(48-30-35-21-23-36(47-3)24-22-35)31-49-52(39-13-7-4-8-14-39,40-15-9-5-10-16-40)41-17-11-6-12-18-41/h4-26,28,32,34,37H,27,29-31H2,1-3H3/b44-28+/t34-,37-,51?/m0/s1. The van der Waals surface area contributed by atoms with E-state index < -0.39 is 19.3 Å². The Kier molecular flexibility index (Phi) is 13.1. The Morgan fingerprint density at radius 2 is 1.38 bits per heavy atom. The zero-order valence-corrected chi connectivity index (χ0v) is 32.4. The van der Waals surface area contributed by atoms with Crippen LogP contribution in [0.5, 0.6) is 5.75 Å². The normalized spacial score (nSPS) is 13.5. The molecule has 0 radical (unpaired) electrons. The van der Waals surface area contributed by atoms with Crippen LogP contribution in [-0.2, 0) is 33.2 Å². The van der Waals surface area contributed by atoms with Crippen LogP contribution in [0.3, 0.4) is 0 Å². The van der Waals surface area contributed by atoms with Gasteiger partial charge in [0, 0.05) is 23.9 Å². The minimum Gasteiger partial charge on any atom is -0.497 e. The van der Waals surface area contributed by atoms with Crippen molar-refractivity contribution in [1.29, 1.82) is 0 Å². The fourth-order valence-electron chi connectivity index (χ4n) is 6.03. The average Bonchev–Trinajstić information content (AvgIpc) is 3.67. The van der Waals surface area contributed by atoms with Gasteiger partial charge in [-0.2, -0.15) is 4.40 Å². The van der Waals surface area contributed by atoms with Gasteiger partial charge < -0.3 is 13.9 Å². The van der Waals surface area contributed by atoms with Crippen LogP contribution in [0.4, 0.5) is 0 Å². The zero-order chi connectivity index (χ0) is 36.2. The topological polar surface area (TPSA) is 70.0 Å². The molecule has 0 N–H and O–H groups in total. The van der Waals surface area contributed by atoms with Gasteiger partial charge in [0.25, 0.3) is 8.32 Å². The van der Waals surface area contributed by atoms with Crippen LogP contribution in [-0.4, -0.2) is 43.5 Å². The molecule has 0 spiro atoms. The van der Waals surface area contributed by atoms with Gasteiger partial charge in [-0.3, -0.25) is 0 Å². The van der Waals surface area contributed by atoms with Crippen LogP contribution in [0.1, 0.15) is 41.1 Å². The second-order valence-electron chi connectivity index (χ2n) is 12.7. The van der Waals surface area contributed by atoms with Crippen molar-refractivity contribution in [3.05, 3.63) is 167 Å². The summed E-state index contributed by atoms with van der Waals surface area (Å²) in [6, 6.07) is 47.4. The molecule has 6 nitrogen and oxygen atoms in total. The summed E-state index contributed by atoms with van der Waals surface area (Å²) in [5.41, 5.74) is 3.17. The summed E-state index contributed by atoms with van der Waals surface area (Å²) >= 11 is 1.64. The van der Waals surface area contributed by atoms with Crippen molar-refractivity contribution < 1.29 is 18.1 Å². The molecule has 266 valence electrons. The van der Waals surface area contributed by atoms with Crippen molar-refractivity contribution in [3.8, 4) is 5.75 Å². The summed E-state index contributed by atoms with van der Waals surface area (Å²) in [6.45, 7) is 4.94. The third-order valence-corrected chi connectivity index (χ3v) is 14.9. The Hall–Kier alpha value is -4.51. The molecule has 1 heterocycles. The maximum Gasteiger partial charge on any atom is 0.288 e. The Labute approximate surface area is 314 Å². The highest BCUT2D eigenvalue weighted by molar-refractivity contribution is 7.83. The lowest BCUT2D eigenvalue weighted by atomic mass is 10.1. The number of hydrogen-bond acceptors (Lipinski definition) is 6. The smallest absolute Gasteiger partial charge is 0.288 e. The highest BCUT2D eigenvalue weighted by Crippen LogP contribution is 2.24. The summed E-state index contributed by atoms with van der Waals surface area (Å²) in [5, 5.41) is 6.63. The monoisotopic (exact) mass is 744 g/mol. The molecule has 0 bridgehead atoms. The van der Waals surface area contributed by atoms with Crippen LogP contribution in [0.15, 0.2) is 154 Å². The summed E-state index contributed by atoms with van der Waals surface area (Å²) in [7, 11) is -2.69. The Morgan fingerprint density at radius 1 is 0.808 bits per heavy atom. The maximum atomic E-state index is 12.7. The highest BCUT2D eigenvalue weighted by atomic mass is 32.2. The molecule has 6 rings (SSSR count). The van der Waals surface area contributed by atoms with E-state index in [0.717, 1.165) is 27.6 Å². The minimum absolute atomic E-state index is 0.119. The quantitative estimate of drug-likeness (QED) is 0.0548. The second-order valence-corrected chi connectivity index (χ2v) is 18.2. The molecule has 52 heavy (non-hydrogen) atoms. The molecule has 6 aromatic rings. The lowest BCUT2D eigenvalue weighted by molar-refractivity contribution is 0.00915. The molecular formula is C43H44N2O4S2Si. The molecule has 1 aromatic heterocycles. The van der Waals surface area contributed by atoms with Gasteiger partial charge in [-0.05, 0) is 58.7 Å². The predicted molar refractivity (Wildman–Crippen MR) is 216 cm³/mol. The van der Waals surface area contributed by atoms with E-state index in [2.05, 4.69) is 108 Å². The van der Waals surface area contributed by atoms with Crippen LogP contribution in [0, 0.1) is 6.92 Å². The summed E-state index contributed by atoms with van der Waals surface area (Å²) in [4.78, 5) is 5.75. The molecule has 9 heteroatoms. The number of aromatic nitrogens is 1. The Balaban J connectivity index is 1.23. The number of rotatable bonds is 17. The molecule has 0 amide bonds. The molecule has 5 aromatic carbocycles. The number of thiazole rings is 1. The first kappa shape index (κ1) is 37.3. The molecule has 1 unspecified atom stereocenters. The first-order valence-electron chi connectivity index (χ1n) is 17.4. The van der Waals surface area contributed by atoms with E-state index in [1.165, 1.54) is 15.6 Å². The highest BCUT2D eigenvalue weighted by Gasteiger charge is 2.42. The number of benzene rings is 5. The second kappa shape index (κ2) is 18.3. The Morgan fingerprint density at radius 3 is 1.94 bits per heavy atom. The summed E-state index contributed by atoms with van der Waals surface area (Å²) in [6.07, 6.45) is 2.73. The molecule has 0 aliphatic carbocycles. The van der Waals surface area contributed by atoms with E-state index in [4.69, 9.17) is 18.9 Å². The van der Waals surface area contributed by atoms with Crippen molar-refractivity contribution in [3.63, 3.8) is 0 Å². The van der Waals surface area contributed by atoms with E-state index in [9.17, 15) is 4.21 Å². The van der Waals surface area contributed by atoms with Crippen molar-refractivity contribution in [2.75, 3.05) is 13.7 Å².